The molecule has 0 saturated carbocycles. The number of rotatable bonds is 8. The maximum atomic E-state index is 13.1. The van der Waals surface area contributed by atoms with Gasteiger partial charge in [0.15, 0.2) is 0 Å². The van der Waals surface area contributed by atoms with E-state index in [9.17, 15) is 14.4 Å². The van der Waals surface area contributed by atoms with Gasteiger partial charge in [0.05, 0.1) is 0 Å². The number of nitrogens with one attached hydrogen (secondary N) is 4. The van der Waals surface area contributed by atoms with E-state index in [0.29, 0.717) is 16.8 Å². The molecule has 2 aromatic carbocycles. The van der Waals surface area contributed by atoms with Crippen LogP contribution in [0.1, 0.15) is 21.5 Å². The molecule has 176 valence electrons. The second-order valence-corrected chi connectivity index (χ2v) is 7.75. The first-order valence-electron chi connectivity index (χ1n) is 10.8. The van der Waals surface area contributed by atoms with E-state index >= 15 is 0 Å². The number of fused-ring (bicyclic) bond motifs is 1. The van der Waals surface area contributed by atoms with Crippen LogP contribution in [0.5, 0.6) is 0 Å². The zero-order chi connectivity index (χ0) is 24.6. The summed E-state index contributed by atoms with van der Waals surface area (Å²) in [5.41, 5.74) is 4.95. The number of benzene rings is 2. The zero-order valence-corrected chi connectivity index (χ0v) is 18.6. The number of pyridine rings is 1. The van der Waals surface area contributed by atoms with Crippen LogP contribution in [0.4, 0.5) is 5.69 Å². The van der Waals surface area contributed by atoms with Crippen molar-refractivity contribution in [2.24, 2.45) is 0 Å². The van der Waals surface area contributed by atoms with Gasteiger partial charge in [-0.05, 0) is 47.5 Å². The number of nitrogens with zero attached hydrogens (tertiary/aromatic N) is 1. The SMILES string of the molecule is O=C(/C=C/c1ccc(C(=O)NC(Cc2c[nH]c3ccccc23)C(=O)Nc2ccncc2)cc1)NO. The van der Waals surface area contributed by atoms with Crippen LogP contribution in [-0.4, -0.2) is 38.9 Å². The quantitative estimate of drug-likeness (QED) is 0.154. The van der Waals surface area contributed by atoms with Crippen molar-refractivity contribution >= 4 is 40.4 Å². The summed E-state index contributed by atoms with van der Waals surface area (Å²) >= 11 is 0. The summed E-state index contributed by atoms with van der Waals surface area (Å²) in [5.74, 6) is -1.43. The van der Waals surface area contributed by atoms with Gasteiger partial charge in [0.2, 0.25) is 5.91 Å². The molecule has 3 amide bonds. The third-order valence-corrected chi connectivity index (χ3v) is 5.38. The number of hydrogen-bond donors (Lipinski definition) is 5. The maximum Gasteiger partial charge on any atom is 0.267 e. The van der Waals surface area contributed by atoms with E-state index in [1.54, 1.807) is 48.8 Å². The van der Waals surface area contributed by atoms with Crippen molar-refractivity contribution in [3.63, 3.8) is 0 Å². The Kier molecular flexibility index (Phi) is 7.29. The van der Waals surface area contributed by atoms with Gasteiger partial charge in [-0.3, -0.25) is 24.6 Å². The maximum absolute atomic E-state index is 13.1. The highest BCUT2D eigenvalue weighted by atomic mass is 16.5. The predicted molar refractivity (Wildman–Crippen MR) is 132 cm³/mol. The lowest BCUT2D eigenvalue weighted by Crippen LogP contribution is -2.45. The molecule has 4 aromatic rings. The van der Waals surface area contributed by atoms with E-state index in [4.69, 9.17) is 5.21 Å². The largest absolute Gasteiger partial charge is 0.361 e. The summed E-state index contributed by atoms with van der Waals surface area (Å²) in [7, 11) is 0. The van der Waals surface area contributed by atoms with Crippen molar-refractivity contribution in [2.45, 2.75) is 12.5 Å². The molecule has 2 aromatic heterocycles. The summed E-state index contributed by atoms with van der Waals surface area (Å²) in [5, 5.41) is 15.2. The number of hydroxylamine groups is 1. The van der Waals surface area contributed by atoms with Crippen LogP contribution >= 0.6 is 0 Å². The van der Waals surface area contributed by atoms with Crippen LogP contribution in [0.2, 0.25) is 0 Å². The van der Waals surface area contributed by atoms with Gasteiger partial charge in [-0.15, -0.1) is 0 Å². The molecule has 0 fully saturated rings. The fourth-order valence-corrected chi connectivity index (χ4v) is 3.59. The third kappa shape index (κ3) is 5.98. The molecular formula is C26H23N5O4. The summed E-state index contributed by atoms with van der Waals surface area (Å²) in [6.45, 7) is 0. The average Bonchev–Trinajstić information content (AvgIpc) is 3.30. The number of hydrogen-bond acceptors (Lipinski definition) is 5. The molecular weight excluding hydrogens is 446 g/mol. The van der Waals surface area contributed by atoms with Gasteiger partial charge in [-0.2, -0.15) is 0 Å². The Bertz CT molecular complexity index is 1360. The molecule has 1 atom stereocenters. The smallest absolute Gasteiger partial charge is 0.267 e. The summed E-state index contributed by atoms with van der Waals surface area (Å²) in [4.78, 5) is 44.4. The standard InChI is InChI=1S/C26H23N5O4/c32-24(31-35)10-7-17-5-8-18(9-6-17)25(33)30-23(26(34)29-20-11-13-27-14-12-20)15-19-16-28-22-4-2-1-3-21(19)22/h1-14,16,23,28,35H,15H2,(H,30,33)(H,31,32)(H,27,29,34)/b10-7+. The van der Waals surface area contributed by atoms with Crippen molar-refractivity contribution in [1.29, 1.82) is 0 Å². The van der Waals surface area contributed by atoms with Gasteiger partial charge in [0.25, 0.3) is 11.8 Å². The van der Waals surface area contributed by atoms with Crippen molar-refractivity contribution in [1.82, 2.24) is 20.8 Å². The lowest BCUT2D eigenvalue weighted by Gasteiger charge is -2.18. The monoisotopic (exact) mass is 469 g/mol. The van der Waals surface area contributed by atoms with Crippen LogP contribution in [0, 0.1) is 0 Å². The third-order valence-electron chi connectivity index (χ3n) is 5.38. The number of aromatic amines is 1. The minimum absolute atomic E-state index is 0.282. The predicted octanol–water partition coefficient (Wildman–Crippen LogP) is 3.06. The molecule has 4 rings (SSSR count). The van der Waals surface area contributed by atoms with Crippen molar-refractivity contribution < 1.29 is 19.6 Å². The molecule has 0 aliphatic rings. The number of para-hydroxylation sites is 1. The first kappa shape index (κ1) is 23.4. The minimum atomic E-state index is -0.845. The van der Waals surface area contributed by atoms with Crippen molar-refractivity contribution in [3.05, 3.63) is 102 Å². The normalized spacial score (nSPS) is 11.8. The lowest BCUT2D eigenvalue weighted by atomic mass is 10.0. The molecule has 1 unspecified atom stereocenters. The molecule has 2 heterocycles. The summed E-state index contributed by atoms with van der Waals surface area (Å²) < 4.78 is 0. The summed E-state index contributed by atoms with van der Waals surface area (Å²) in [6.07, 6.45) is 7.92. The van der Waals surface area contributed by atoms with Crippen molar-refractivity contribution in [3.8, 4) is 0 Å². The van der Waals surface area contributed by atoms with E-state index in [2.05, 4.69) is 20.6 Å². The molecule has 9 heteroatoms. The fraction of sp³-hybridized carbons (Fsp3) is 0.0769. The topological polar surface area (TPSA) is 136 Å². The van der Waals surface area contributed by atoms with E-state index in [1.807, 2.05) is 30.5 Å². The second-order valence-electron chi connectivity index (χ2n) is 7.75. The highest BCUT2D eigenvalue weighted by Gasteiger charge is 2.23. The number of amides is 3. The Morgan fingerprint density at radius 2 is 1.74 bits per heavy atom. The lowest BCUT2D eigenvalue weighted by molar-refractivity contribution is -0.124. The molecule has 5 N–H and O–H groups in total. The highest BCUT2D eigenvalue weighted by molar-refractivity contribution is 6.01. The molecule has 0 bridgehead atoms. The van der Waals surface area contributed by atoms with Gasteiger partial charge >= 0.3 is 0 Å². The molecule has 0 spiro atoms. The minimum Gasteiger partial charge on any atom is -0.361 e. The zero-order valence-electron chi connectivity index (χ0n) is 18.6. The Labute approximate surface area is 200 Å². The number of H-pyrrole nitrogens is 1. The average molecular weight is 470 g/mol. The number of carbonyl (C=O) groups is 3. The van der Waals surface area contributed by atoms with Gasteiger partial charge in [-0.25, -0.2) is 5.48 Å². The Morgan fingerprint density at radius 3 is 2.49 bits per heavy atom. The van der Waals surface area contributed by atoms with E-state index < -0.39 is 17.9 Å². The highest BCUT2D eigenvalue weighted by Crippen LogP contribution is 2.20. The van der Waals surface area contributed by atoms with Gasteiger partial charge in [-0.1, -0.05) is 30.3 Å². The molecule has 35 heavy (non-hydrogen) atoms. The van der Waals surface area contributed by atoms with E-state index in [0.717, 1.165) is 22.5 Å². The number of aromatic nitrogens is 2. The molecule has 0 radical (unpaired) electrons. The van der Waals surface area contributed by atoms with Crippen LogP contribution < -0.4 is 16.1 Å². The van der Waals surface area contributed by atoms with Gasteiger partial charge < -0.3 is 15.6 Å². The molecule has 0 aliphatic carbocycles. The Morgan fingerprint density at radius 1 is 1.00 bits per heavy atom. The Balaban J connectivity index is 1.53. The van der Waals surface area contributed by atoms with Crippen LogP contribution in [0.25, 0.3) is 17.0 Å². The fourth-order valence-electron chi connectivity index (χ4n) is 3.59. The first-order valence-corrected chi connectivity index (χ1v) is 10.8. The molecule has 0 saturated heterocycles. The van der Waals surface area contributed by atoms with Crippen LogP contribution in [0.15, 0.2) is 85.3 Å². The Hall–Kier alpha value is -4.76. The van der Waals surface area contributed by atoms with Crippen LogP contribution in [0.3, 0.4) is 0 Å². The van der Waals surface area contributed by atoms with Crippen LogP contribution in [-0.2, 0) is 16.0 Å². The van der Waals surface area contributed by atoms with E-state index in [-0.39, 0.29) is 12.3 Å². The van der Waals surface area contributed by atoms with Gasteiger partial charge in [0, 0.05) is 53.2 Å². The first-order chi connectivity index (χ1) is 17.0. The molecule has 9 nitrogen and oxygen atoms in total. The molecule has 0 aliphatic heterocycles. The second kappa shape index (κ2) is 10.9. The number of anilines is 1. The van der Waals surface area contributed by atoms with E-state index in [1.165, 1.54) is 11.6 Å². The number of carbonyl (C=O) groups excluding carboxylic acids is 3. The van der Waals surface area contributed by atoms with Gasteiger partial charge in [0.1, 0.15) is 6.04 Å². The van der Waals surface area contributed by atoms with Crippen molar-refractivity contribution in [2.75, 3.05) is 5.32 Å². The summed E-state index contributed by atoms with van der Waals surface area (Å²) in [6, 6.07) is 16.7.